The molecule has 2 aromatic heterocycles. The summed E-state index contributed by atoms with van der Waals surface area (Å²) in [5.74, 6) is 1.52. The third kappa shape index (κ3) is 2.11. The molecular weight excluding hydrogens is 300 g/mol. The molecule has 1 atom stereocenters. The van der Waals surface area contributed by atoms with Crippen molar-refractivity contribution in [2.75, 3.05) is 31.6 Å². The van der Waals surface area contributed by atoms with Gasteiger partial charge in [-0.15, -0.1) is 0 Å². The van der Waals surface area contributed by atoms with Crippen LogP contribution in [0.25, 0.3) is 0 Å². The quantitative estimate of drug-likeness (QED) is 0.850. The van der Waals surface area contributed by atoms with Crippen LogP contribution in [0.15, 0.2) is 36.8 Å². The predicted octanol–water partition coefficient (Wildman–Crippen LogP) is 2.64. The highest BCUT2D eigenvalue weighted by Crippen LogP contribution is 2.46. The molecule has 0 saturated carbocycles. The summed E-state index contributed by atoms with van der Waals surface area (Å²) in [6.45, 7) is 3.52. The van der Waals surface area contributed by atoms with E-state index in [0.717, 1.165) is 30.2 Å². The second kappa shape index (κ2) is 5.18. The van der Waals surface area contributed by atoms with E-state index in [1.54, 1.807) is 6.20 Å². The minimum atomic E-state index is -0.0304. The highest BCUT2D eigenvalue weighted by atomic mass is 16.5. The van der Waals surface area contributed by atoms with Gasteiger partial charge in [0.1, 0.15) is 5.60 Å². The van der Waals surface area contributed by atoms with Crippen molar-refractivity contribution in [1.29, 1.82) is 0 Å². The Hall–Kier alpha value is -2.14. The Bertz CT molecular complexity index is 757. The number of nitrogens with zero attached hydrogens (tertiary/aromatic N) is 4. The number of ether oxygens (including phenoxy) is 1. The van der Waals surface area contributed by atoms with Gasteiger partial charge in [0.2, 0.25) is 5.88 Å². The first-order chi connectivity index (χ1) is 11.7. The molecule has 4 aliphatic heterocycles. The van der Waals surface area contributed by atoms with E-state index in [1.165, 1.54) is 31.5 Å². The van der Waals surface area contributed by atoms with Gasteiger partial charge in [-0.2, -0.15) is 0 Å². The van der Waals surface area contributed by atoms with Crippen molar-refractivity contribution in [3.8, 4) is 5.88 Å². The molecule has 0 aliphatic carbocycles. The fourth-order valence-corrected chi connectivity index (χ4v) is 4.58. The van der Waals surface area contributed by atoms with Gasteiger partial charge in [-0.25, -0.2) is 4.98 Å². The molecule has 0 N–H and O–H groups in total. The van der Waals surface area contributed by atoms with Gasteiger partial charge in [0.25, 0.3) is 0 Å². The Labute approximate surface area is 142 Å². The van der Waals surface area contributed by atoms with Crippen LogP contribution in [0.5, 0.6) is 5.88 Å². The summed E-state index contributed by atoms with van der Waals surface area (Å²) in [5, 5.41) is 0. The van der Waals surface area contributed by atoms with Gasteiger partial charge in [0, 0.05) is 37.7 Å². The molecule has 0 amide bonds. The lowest BCUT2D eigenvalue weighted by Gasteiger charge is -2.50. The lowest BCUT2D eigenvalue weighted by atomic mass is 9.73. The first-order valence-electron chi connectivity index (χ1n) is 8.78. The number of pyridine rings is 2. The predicted molar refractivity (Wildman–Crippen MR) is 92.8 cm³/mol. The van der Waals surface area contributed by atoms with E-state index in [9.17, 15) is 0 Å². The van der Waals surface area contributed by atoms with Crippen molar-refractivity contribution < 1.29 is 4.74 Å². The van der Waals surface area contributed by atoms with Crippen molar-refractivity contribution in [3.05, 3.63) is 42.4 Å². The Morgan fingerprint density at radius 2 is 2.12 bits per heavy atom. The number of rotatable bonds is 2. The third-order valence-electron chi connectivity index (χ3n) is 5.94. The summed E-state index contributed by atoms with van der Waals surface area (Å²) in [6, 6.07) is 6.26. The van der Waals surface area contributed by atoms with E-state index >= 15 is 0 Å². The Morgan fingerprint density at radius 1 is 1.25 bits per heavy atom. The molecule has 0 radical (unpaired) electrons. The Kier molecular flexibility index (Phi) is 3.07. The fourth-order valence-electron chi connectivity index (χ4n) is 4.58. The average Bonchev–Trinajstić information content (AvgIpc) is 2.99. The molecule has 24 heavy (non-hydrogen) atoms. The van der Waals surface area contributed by atoms with E-state index in [2.05, 4.69) is 38.9 Å². The zero-order valence-corrected chi connectivity index (χ0v) is 14.0. The van der Waals surface area contributed by atoms with E-state index in [-0.39, 0.29) is 5.60 Å². The van der Waals surface area contributed by atoms with Crippen LogP contribution < -0.4 is 9.64 Å². The van der Waals surface area contributed by atoms with Crippen molar-refractivity contribution in [2.45, 2.75) is 24.9 Å². The van der Waals surface area contributed by atoms with Crippen LogP contribution in [0.1, 0.15) is 18.4 Å². The Balaban J connectivity index is 1.44. The maximum absolute atomic E-state index is 6.43. The van der Waals surface area contributed by atoms with Crippen LogP contribution in [0.4, 0.5) is 11.4 Å². The van der Waals surface area contributed by atoms with Gasteiger partial charge in [-0.3, -0.25) is 9.88 Å². The third-order valence-corrected chi connectivity index (χ3v) is 5.94. The minimum absolute atomic E-state index is 0.0304. The highest BCUT2D eigenvalue weighted by molar-refractivity contribution is 5.62. The van der Waals surface area contributed by atoms with Crippen molar-refractivity contribution in [1.82, 2.24) is 14.9 Å². The number of aromatic nitrogens is 2. The molecule has 0 aromatic carbocycles. The van der Waals surface area contributed by atoms with E-state index < -0.39 is 0 Å². The lowest BCUT2D eigenvalue weighted by molar-refractivity contribution is -0.0814. The number of anilines is 2. The first-order valence-corrected chi connectivity index (χ1v) is 8.78. The second-order valence-corrected chi connectivity index (χ2v) is 7.32. The van der Waals surface area contributed by atoms with Gasteiger partial charge < -0.3 is 9.64 Å². The van der Waals surface area contributed by atoms with Crippen LogP contribution in [-0.2, 0) is 6.42 Å². The van der Waals surface area contributed by atoms with Crippen LogP contribution >= 0.6 is 0 Å². The van der Waals surface area contributed by atoms with Crippen molar-refractivity contribution in [2.24, 2.45) is 5.92 Å². The molecule has 2 aromatic rings. The smallest absolute Gasteiger partial charge is 0.217 e. The minimum Gasteiger partial charge on any atom is -0.469 e. The number of hydrogen-bond donors (Lipinski definition) is 0. The summed E-state index contributed by atoms with van der Waals surface area (Å²) in [6.07, 6.45) is 9.09. The first kappa shape index (κ1) is 14.2. The standard InChI is InChI=1S/C19H22N4O/c1-22(16-3-2-6-20-11-16)17-9-14-10-19(24-18(14)21-12-17)13-23-7-4-15(19)5-8-23/h2-3,6,9,11-12,15H,4-5,7-8,10,13H2,1H3. The average molecular weight is 322 g/mol. The molecule has 6 heterocycles. The van der Waals surface area contributed by atoms with Crippen molar-refractivity contribution >= 4 is 11.4 Å². The highest BCUT2D eigenvalue weighted by Gasteiger charge is 2.52. The van der Waals surface area contributed by atoms with Crippen LogP contribution in [0, 0.1) is 5.92 Å². The molecule has 6 rings (SSSR count). The SMILES string of the molecule is CN(c1cccnc1)c1cnc2c(c1)CC1(CN3CCC1CC3)O2. The van der Waals surface area contributed by atoms with Gasteiger partial charge in [-0.05, 0) is 44.1 Å². The van der Waals surface area contributed by atoms with Crippen LogP contribution in [0.3, 0.4) is 0 Å². The summed E-state index contributed by atoms with van der Waals surface area (Å²) in [4.78, 5) is 13.5. The van der Waals surface area contributed by atoms with Gasteiger partial charge in [0.15, 0.2) is 0 Å². The summed E-state index contributed by atoms with van der Waals surface area (Å²) >= 11 is 0. The molecule has 1 spiro atoms. The van der Waals surface area contributed by atoms with Crippen LogP contribution in [0.2, 0.25) is 0 Å². The maximum Gasteiger partial charge on any atom is 0.217 e. The molecule has 3 fully saturated rings. The maximum atomic E-state index is 6.43. The van der Waals surface area contributed by atoms with E-state index in [1.807, 2.05) is 18.5 Å². The number of hydrogen-bond acceptors (Lipinski definition) is 5. The summed E-state index contributed by atoms with van der Waals surface area (Å²) in [5.41, 5.74) is 3.37. The molecule has 1 unspecified atom stereocenters. The monoisotopic (exact) mass is 322 g/mol. The van der Waals surface area contributed by atoms with E-state index in [0.29, 0.717) is 5.92 Å². The molecular formula is C19H22N4O. The molecule has 5 heteroatoms. The van der Waals surface area contributed by atoms with Crippen molar-refractivity contribution in [3.63, 3.8) is 0 Å². The normalized spacial score (nSPS) is 30.2. The lowest BCUT2D eigenvalue weighted by Crippen LogP contribution is -2.61. The van der Waals surface area contributed by atoms with Crippen LogP contribution in [-0.4, -0.2) is 47.2 Å². The number of fused-ring (bicyclic) bond motifs is 3. The molecule has 2 bridgehead atoms. The molecule has 3 saturated heterocycles. The summed E-state index contributed by atoms with van der Waals surface area (Å²) in [7, 11) is 2.06. The number of piperidine rings is 3. The molecule has 5 nitrogen and oxygen atoms in total. The van der Waals surface area contributed by atoms with E-state index in [4.69, 9.17) is 4.74 Å². The van der Waals surface area contributed by atoms with Gasteiger partial charge in [0.05, 0.1) is 23.8 Å². The summed E-state index contributed by atoms with van der Waals surface area (Å²) < 4.78 is 6.43. The Morgan fingerprint density at radius 3 is 2.83 bits per heavy atom. The largest absolute Gasteiger partial charge is 0.469 e. The molecule has 124 valence electrons. The second-order valence-electron chi connectivity index (χ2n) is 7.32. The zero-order chi connectivity index (χ0) is 16.1. The molecule has 4 aliphatic rings. The van der Waals surface area contributed by atoms with Gasteiger partial charge >= 0.3 is 0 Å². The fraction of sp³-hybridized carbons (Fsp3) is 0.474. The van der Waals surface area contributed by atoms with Gasteiger partial charge in [-0.1, -0.05) is 0 Å². The topological polar surface area (TPSA) is 41.5 Å². The zero-order valence-electron chi connectivity index (χ0n) is 14.0.